The van der Waals surface area contributed by atoms with Crippen LogP contribution >= 0.6 is 23.4 Å². The zero-order valence-electron chi connectivity index (χ0n) is 17.8. The summed E-state index contributed by atoms with van der Waals surface area (Å²) in [4.78, 5) is 26.1. The summed E-state index contributed by atoms with van der Waals surface area (Å²) >= 11 is 7.59. The Balaban J connectivity index is 1.73. The summed E-state index contributed by atoms with van der Waals surface area (Å²) in [6.45, 7) is 0. The van der Waals surface area contributed by atoms with Gasteiger partial charge in [-0.3, -0.25) is 4.79 Å². The quantitative estimate of drug-likeness (QED) is 0.336. The third kappa shape index (κ3) is 5.75. The molecular weight excluding hydrogens is 450 g/mol. The van der Waals surface area contributed by atoms with Crippen LogP contribution in [0, 0.1) is 0 Å². The zero-order valence-corrected chi connectivity index (χ0v) is 19.4. The van der Waals surface area contributed by atoms with Crippen LogP contribution < -0.4 is 14.8 Å². The van der Waals surface area contributed by atoms with Crippen LogP contribution in [0.2, 0.25) is 5.02 Å². The van der Waals surface area contributed by atoms with Gasteiger partial charge in [0.2, 0.25) is 0 Å². The van der Waals surface area contributed by atoms with Crippen LogP contribution in [0.1, 0.15) is 26.3 Å². The first-order valence-corrected chi connectivity index (χ1v) is 10.9. The van der Waals surface area contributed by atoms with E-state index in [-0.39, 0.29) is 17.2 Å². The van der Waals surface area contributed by atoms with Crippen molar-refractivity contribution in [3.8, 4) is 11.5 Å². The molecule has 3 aromatic carbocycles. The SMILES string of the molecule is COC(=O)c1cc(OC)c(OC)cc1NC(=O)c1ccc(CSc2ccc(Cl)cc2)cc1. The molecule has 8 heteroatoms. The average Bonchev–Trinajstić information content (AvgIpc) is 2.83. The molecule has 166 valence electrons. The maximum atomic E-state index is 12.8. The first kappa shape index (κ1) is 23.5. The highest BCUT2D eigenvalue weighted by Crippen LogP contribution is 2.34. The predicted octanol–water partition coefficient (Wildman–Crippen LogP) is 5.69. The Kier molecular flexibility index (Phi) is 8.03. The fourth-order valence-corrected chi connectivity index (χ4v) is 3.89. The number of thioether (sulfide) groups is 1. The number of carbonyl (C=O) groups is 2. The minimum atomic E-state index is -0.601. The smallest absolute Gasteiger partial charge is 0.340 e. The van der Waals surface area contributed by atoms with Crippen molar-refractivity contribution in [2.45, 2.75) is 10.6 Å². The van der Waals surface area contributed by atoms with Crippen molar-refractivity contribution in [3.05, 3.63) is 82.4 Å². The normalized spacial score (nSPS) is 10.4. The molecule has 0 spiro atoms. The topological polar surface area (TPSA) is 73.9 Å². The van der Waals surface area contributed by atoms with Crippen molar-refractivity contribution in [2.75, 3.05) is 26.6 Å². The molecule has 0 heterocycles. The van der Waals surface area contributed by atoms with Gasteiger partial charge in [-0.15, -0.1) is 11.8 Å². The van der Waals surface area contributed by atoms with E-state index in [1.807, 2.05) is 36.4 Å². The number of ether oxygens (including phenoxy) is 3. The largest absolute Gasteiger partial charge is 0.493 e. The summed E-state index contributed by atoms with van der Waals surface area (Å²) in [7, 11) is 4.21. The van der Waals surface area contributed by atoms with Crippen LogP contribution in [-0.4, -0.2) is 33.2 Å². The van der Waals surface area contributed by atoms with Crippen molar-refractivity contribution in [1.29, 1.82) is 0 Å². The van der Waals surface area contributed by atoms with E-state index in [0.717, 1.165) is 16.2 Å². The van der Waals surface area contributed by atoms with Gasteiger partial charge in [0.05, 0.1) is 32.6 Å². The first-order chi connectivity index (χ1) is 15.4. The van der Waals surface area contributed by atoms with Crippen LogP contribution in [0.25, 0.3) is 0 Å². The Bertz CT molecular complexity index is 1100. The van der Waals surface area contributed by atoms with Gasteiger partial charge < -0.3 is 19.5 Å². The highest BCUT2D eigenvalue weighted by molar-refractivity contribution is 7.98. The third-order valence-corrected chi connectivity index (χ3v) is 5.95. The highest BCUT2D eigenvalue weighted by Gasteiger charge is 2.19. The lowest BCUT2D eigenvalue weighted by atomic mass is 10.1. The molecule has 0 fully saturated rings. The van der Waals surface area contributed by atoms with Gasteiger partial charge in [-0.05, 0) is 42.0 Å². The minimum absolute atomic E-state index is 0.162. The van der Waals surface area contributed by atoms with Gasteiger partial charge in [0, 0.05) is 33.4 Å². The molecule has 6 nitrogen and oxygen atoms in total. The minimum Gasteiger partial charge on any atom is -0.493 e. The van der Waals surface area contributed by atoms with Crippen LogP contribution in [-0.2, 0) is 10.5 Å². The number of esters is 1. The van der Waals surface area contributed by atoms with Crippen LogP contribution in [0.4, 0.5) is 5.69 Å². The Morgan fingerprint density at radius 2 is 1.53 bits per heavy atom. The van der Waals surface area contributed by atoms with Crippen molar-refractivity contribution in [1.82, 2.24) is 0 Å². The number of nitrogens with one attached hydrogen (secondary N) is 1. The molecule has 0 aliphatic heterocycles. The van der Waals surface area contributed by atoms with Gasteiger partial charge >= 0.3 is 5.97 Å². The van der Waals surface area contributed by atoms with Gasteiger partial charge in [-0.25, -0.2) is 4.79 Å². The molecule has 3 aromatic rings. The van der Waals surface area contributed by atoms with Crippen LogP contribution in [0.3, 0.4) is 0 Å². The fourth-order valence-electron chi connectivity index (χ4n) is 2.91. The van der Waals surface area contributed by atoms with Gasteiger partial charge in [0.1, 0.15) is 0 Å². The number of halogens is 1. The second kappa shape index (κ2) is 10.9. The molecule has 0 unspecified atom stereocenters. The van der Waals surface area contributed by atoms with E-state index >= 15 is 0 Å². The average molecular weight is 472 g/mol. The molecule has 3 rings (SSSR count). The Morgan fingerprint density at radius 1 is 0.906 bits per heavy atom. The number of hydrogen-bond acceptors (Lipinski definition) is 6. The van der Waals surface area contributed by atoms with Gasteiger partial charge in [-0.2, -0.15) is 0 Å². The van der Waals surface area contributed by atoms with Gasteiger partial charge in [-0.1, -0.05) is 23.7 Å². The number of rotatable bonds is 8. The van der Waals surface area contributed by atoms with Crippen molar-refractivity contribution in [3.63, 3.8) is 0 Å². The standard InChI is InChI=1S/C24H22ClNO5S/c1-29-21-12-19(24(28)31-3)20(13-22(21)30-2)26-23(27)16-6-4-15(5-7-16)14-32-18-10-8-17(25)9-11-18/h4-13H,14H2,1-3H3,(H,26,27). The number of benzene rings is 3. The molecule has 0 bridgehead atoms. The van der Waals surface area contributed by atoms with E-state index in [9.17, 15) is 9.59 Å². The molecule has 0 atom stereocenters. The second-order valence-corrected chi connectivity index (χ2v) is 8.12. The summed E-state index contributed by atoms with van der Waals surface area (Å²) < 4.78 is 15.3. The molecular formula is C24H22ClNO5S. The first-order valence-electron chi connectivity index (χ1n) is 9.58. The lowest BCUT2D eigenvalue weighted by Gasteiger charge is -2.14. The van der Waals surface area contributed by atoms with Gasteiger partial charge in [0.25, 0.3) is 5.91 Å². The van der Waals surface area contributed by atoms with Crippen LogP contribution in [0.5, 0.6) is 11.5 Å². The van der Waals surface area contributed by atoms with Crippen molar-refractivity contribution >= 4 is 40.9 Å². The Hall–Kier alpha value is -3.16. The number of hydrogen-bond donors (Lipinski definition) is 1. The van der Waals surface area contributed by atoms with E-state index in [2.05, 4.69) is 5.32 Å². The van der Waals surface area contributed by atoms with E-state index in [0.29, 0.717) is 22.1 Å². The molecule has 1 amide bonds. The lowest BCUT2D eigenvalue weighted by Crippen LogP contribution is -2.16. The molecule has 0 saturated carbocycles. The zero-order chi connectivity index (χ0) is 23.1. The molecule has 0 radical (unpaired) electrons. The highest BCUT2D eigenvalue weighted by atomic mass is 35.5. The van der Waals surface area contributed by atoms with E-state index in [4.69, 9.17) is 25.8 Å². The number of carbonyl (C=O) groups excluding carboxylic acids is 2. The second-order valence-electron chi connectivity index (χ2n) is 6.64. The van der Waals surface area contributed by atoms with Gasteiger partial charge in [0.15, 0.2) is 11.5 Å². The van der Waals surface area contributed by atoms with Crippen LogP contribution in [0.15, 0.2) is 65.6 Å². The molecule has 0 saturated heterocycles. The summed E-state index contributed by atoms with van der Waals surface area (Å²) in [6, 6.07) is 17.9. The summed E-state index contributed by atoms with van der Waals surface area (Å²) in [5, 5.41) is 3.46. The molecule has 0 aliphatic rings. The molecule has 32 heavy (non-hydrogen) atoms. The maximum Gasteiger partial charge on any atom is 0.340 e. The third-order valence-electron chi connectivity index (χ3n) is 4.61. The van der Waals surface area contributed by atoms with E-state index in [1.165, 1.54) is 33.5 Å². The van der Waals surface area contributed by atoms with Crippen molar-refractivity contribution in [2.24, 2.45) is 0 Å². The number of anilines is 1. The molecule has 1 N–H and O–H groups in total. The Morgan fingerprint density at radius 3 is 2.12 bits per heavy atom. The monoisotopic (exact) mass is 471 g/mol. The van der Waals surface area contributed by atoms with E-state index < -0.39 is 5.97 Å². The predicted molar refractivity (Wildman–Crippen MR) is 126 cm³/mol. The Labute approximate surface area is 195 Å². The number of amides is 1. The maximum absolute atomic E-state index is 12.8. The molecule has 0 aliphatic carbocycles. The summed E-state index contributed by atoms with van der Waals surface area (Å²) in [5.41, 5.74) is 1.95. The summed E-state index contributed by atoms with van der Waals surface area (Å²) in [5.74, 6) is 0.527. The van der Waals surface area contributed by atoms with Crippen molar-refractivity contribution < 1.29 is 23.8 Å². The van der Waals surface area contributed by atoms with E-state index in [1.54, 1.807) is 23.9 Å². The summed E-state index contributed by atoms with van der Waals surface area (Å²) in [6.07, 6.45) is 0. The lowest BCUT2D eigenvalue weighted by molar-refractivity contribution is 0.0601. The fraction of sp³-hybridized carbons (Fsp3) is 0.167. The molecule has 0 aromatic heterocycles. The number of methoxy groups -OCH3 is 3.